The van der Waals surface area contributed by atoms with Gasteiger partial charge in [0.05, 0.1) is 14.2 Å². The average Bonchev–Trinajstić information content (AvgIpc) is 2.69. The fourth-order valence-corrected chi connectivity index (χ4v) is 4.14. The Bertz CT molecular complexity index is 678. The first-order chi connectivity index (χ1) is 12.7. The Kier molecular flexibility index (Phi) is 6.56. The summed E-state index contributed by atoms with van der Waals surface area (Å²) in [5.74, 6) is 1.60. The van der Waals surface area contributed by atoms with Crippen LogP contribution in [0.15, 0.2) is 48.5 Å². The largest absolute Gasteiger partial charge is 0.493 e. The molecule has 0 heterocycles. The first kappa shape index (κ1) is 18.8. The van der Waals surface area contributed by atoms with Gasteiger partial charge in [-0.25, -0.2) is 0 Å². The molecule has 3 rings (SSSR count). The average molecular weight is 354 g/mol. The number of nitrogens with one attached hydrogen (secondary N) is 1. The first-order valence-corrected chi connectivity index (χ1v) is 9.74. The molecule has 0 unspecified atom stereocenters. The summed E-state index contributed by atoms with van der Waals surface area (Å²) in [7, 11) is 3.37. The van der Waals surface area contributed by atoms with Crippen LogP contribution in [-0.4, -0.2) is 26.3 Å². The van der Waals surface area contributed by atoms with Gasteiger partial charge in [-0.15, -0.1) is 0 Å². The molecule has 0 amide bonds. The molecule has 1 N–H and O–H groups in total. The van der Waals surface area contributed by atoms with E-state index >= 15 is 0 Å². The molecule has 0 radical (unpaired) electrons. The molecular formula is C23H31NO2. The molecule has 0 saturated heterocycles. The monoisotopic (exact) mass is 353 g/mol. The molecule has 0 aliphatic heterocycles. The quantitative estimate of drug-likeness (QED) is 0.741. The van der Waals surface area contributed by atoms with Crippen LogP contribution in [0.4, 0.5) is 0 Å². The van der Waals surface area contributed by atoms with Crippen LogP contribution >= 0.6 is 0 Å². The van der Waals surface area contributed by atoms with Crippen molar-refractivity contribution in [1.82, 2.24) is 5.32 Å². The Morgan fingerprint density at radius 1 is 0.846 bits per heavy atom. The summed E-state index contributed by atoms with van der Waals surface area (Å²) in [4.78, 5) is 0. The molecule has 1 fully saturated rings. The molecule has 26 heavy (non-hydrogen) atoms. The van der Waals surface area contributed by atoms with Gasteiger partial charge in [-0.1, -0.05) is 55.7 Å². The highest BCUT2D eigenvalue weighted by Crippen LogP contribution is 2.32. The number of benzene rings is 2. The number of ether oxygens (including phenoxy) is 2. The van der Waals surface area contributed by atoms with E-state index in [1.807, 2.05) is 6.07 Å². The van der Waals surface area contributed by atoms with E-state index < -0.39 is 0 Å². The molecule has 3 nitrogen and oxygen atoms in total. The highest BCUT2D eigenvalue weighted by molar-refractivity contribution is 5.43. The van der Waals surface area contributed by atoms with Crippen LogP contribution < -0.4 is 14.8 Å². The molecule has 0 bridgehead atoms. The van der Waals surface area contributed by atoms with Crippen LogP contribution in [0.25, 0.3) is 0 Å². The molecule has 0 spiro atoms. The summed E-state index contributed by atoms with van der Waals surface area (Å²) in [6, 6.07) is 17.1. The van der Waals surface area contributed by atoms with Gasteiger partial charge in [-0.3, -0.25) is 0 Å². The molecule has 1 aliphatic rings. The van der Waals surface area contributed by atoms with Crippen LogP contribution in [0.5, 0.6) is 11.5 Å². The second-order valence-corrected chi connectivity index (χ2v) is 7.37. The predicted octanol–water partition coefficient (Wildman–Crippen LogP) is 4.78. The van der Waals surface area contributed by atoms with Crippen LogP contribution in [0.2, 0.25) is 0 Å². The number of rotatable bonds is 8. The SMILES string of the molecule is COc1ccc(CCNC2(Cc3ccccc3)CCCCC2)cc1OC. The Hall–Kier alpha value is -2.00. The minimum atomic E-state index is 0.246. The molecule has 1 saturated carbocycles. The van der Waals surface area contributed by atoms with Gasteiger partial charge in [0, 0.05) is 5.54 Å². The maximum Gasteiger partial charge on any atom is 0.160 e. The highest BCUT2D eigenvalue weighted by Gasteiger charge is 2.31. The van der Waals surface area contributed by atoms with Gasteiger partial charge >= 0.3 is 0 Å². The van der Waals surface area contributed by atoms with Crippen molar-refractivity contribution in [1.29, 1.82) is 0 Å². The summed E-state index contributed by atoms with van der Waals surface area (Å²) in [5.41, 5.74) is 2.96. The lowest BCUT2D eigenvalue weighted by Gasteiger charge is -2.39. The van der Waals surface area contributed by atoms with Crippen molar-refractivity contribution in [3.05, 3.63) is 59.7 Å². The zero-order valence-corrected chi connectivity index (χ0v) is 16.1. The van der Waals surface area contributed by atoms with Crippen molar-refractivity contribution < 1.29 is 9.47 Å². The Morgan fingerprint density at radius 2 is 1.58 bits per heavy atom. The number of hydrogen-bond acceptors (Lipinski definition) is 3. The maximum absolute atomic E-state index is 5.43. The summed E-state index contributed by atoms with van der Waals surface area (Å²) in [5, 5.41) is 3.93. The Labute approximate surface area is 157 Å². The fourth-order valence-electron chi connectivity index (χ4n) is 4.14. The lowest BCUT2D eigenvalue weighted by molar-refractivity contribution is 0.230. The second kappa shape index (κ2) is 9.09. The van der Waals surface area contributed by atoms with Crippen molar-refractivity contribution in [2.24, 2.45) is 0 Å². The Balaban J connectivity index is 1.63. The van der Waals surface area contributed by atoms with E-state index in [1.54, 1.807) is 14.2 Å². The minimum Gasteiger partial charge on any atom is -0.493 e. The molecule has 0 atom stereocenters. The summed E-state index contributed by atoms with van der Waals surface area (Å²) >= 11 is 0. The molecule has 3 heteroatoms. The summed E-state index contributed by atoms with van der Waals surface area (Å²) in [6.45, 7) is 0.988. The van der Waals surface area contributed by atoms with Crippen LogP contribution in [0, 0.1) is 0 Å². The topological polar surface area (TPSA) is 30.5 Å². The minimum absolute atomic E-state index is 0.246. The fraction of sp³-hybridized carbons (Fsp3) is 0.478. The summed E-state index contributed by atoms with van der Waals surface area (Å²) < 4.78 is 10.8. The third-order valence-electron chi connectivity index (χ3n) is 5.56. The third-order valence-corrected chi connectivity index (χ3v) is 5.56. The molecule has 0 aromatic heterocycles. The van der Waals surface area contributed by atoms with Crippen molar-refractivity contribution in [3.8, 4) is 11.5 Å². The van der Waals surface area contributed by atoms with E-state index in [-0.39, 0.29) is 5.54 Å². The smallest absolute Gasteiger partial charge is 0.160 e. The van der Waals surface area contributed by atoms with Crippen LogP contribution in [0.3, 0.4) is 0 Å². The standard InChI is InChI=1S/C23H31NO2/c1-25-21-12-11-19(17-22(21)26-2)13-16-24-23(14-7-4-8-15-23)18-20-9-5-3-6-10-20/h3,5-6,9-12,17,24H,4,7-8,13-16,18H2,1-2H3. The molecular weight excluding hydrogens is 322 g/mol. The van der Waals surface area contributed by atoms with E-state index in [0.29, 0.717) is 0 Å². The molecule has 2 aromatic carbocycles. The normalized spacial score (nSPS) is 16.2. The van der Waals surface area contributed by atoms with Crippen LogP contribution in [-0.2, 0) is 12.8 Å². The van der Waals surface area contributed by atoms with Crippen molar-refractivity contribution >= 4 is 0 Å². The van der Waals surface area contributed by atoms with Gasteiger partial charge in [-0.05, 0) is 55.5 Å². The second-order valence-electron chi connectivity index (χ2n) is 7.37. The van der Waals surface area contributed by atoms with Gasteiger partial charge in [0.1, 0.15) is 0 Å². The maximum atomic E-state index is 5.43. The van der Waals surface area contributed by atoms with Crippen LogP contribution in [0.1, 0.15) is 43.2 Å². The van der Waals surface area contributed by atoms with Crippen molar-refractivity contribution in [2.45, 2.75) is 50.5 Å². The molecule has 2 aromatic rings. The number of methoxy groups -OCH3 is 2. The highest BCUT2D eigenvalue weighted by atomic mass is 16.5. The van der Waals surface area contributed by atoms with Gasteiger partial charge < -0.3 is 14.8 Å². The van der Waals surface area contributed by atoms with E-state index in [9.17, 15) is 0 Å². The van der Waals surface area contributed by atoms with Gasteiger partial charge in [-0.2, -0.15) is 0 Å². The van der Waals surface area contributed by atoms with E-state index in [1.165, 1.54) is 43.2 Å². The van der Waals surface area contributed by atoms with Gasteiger partial charge in [0.15, 0.2) is 11.5 Å². The van der Waals surface area contributed by atoms with Gasteiger partial charge in [0.2, 0.25) is 0 Å². The van der Waals surface area contributed by atoms with Gasteiger partial charge in [0.25, 0.3) is 0 Å². The molecule has 1 aliphatic carbocycles. The lowest BCUT2D eigenvalue weighted by atomic mass is 9.77. The zero-order chi connectivity index (χ0) is 18.2. The Morgan fingerprint density at radius 3 is 2.27 bits per heavy atom. The predicted molar refractivity (Wildman–Crippen MR) is 107 cm³/mol. The third kappa shape index (κ3) is 4.79. The van der Waals surface area contributed by atoms with E-state index in [0.717, 1.165) is 30.9 Å². The number of hydrogen-bond donors (Lipinski definition) is 1. The van der Waals surface area contributed by atoms with E-state index in [4.69, 9.17) is 9.47 Å². The zero-order valence-electron chi connectivity index (χ0n) is 16.1. The lowest BCUT2D eigenvalue weighted by Crippen LogP contribution is -2.49. The molecule has 140 valence electrons. The first-order valence-electron chi connectivity index (χ1n) is 9.74. The van der Waals surface area contributed by atoms with Crippen molar-refractivity contribution in [2.75, 3.05) is 20.8 Å². The summed E-state index contributed by atoms with van der Waals surface area (Å²) in [6.07, 6.45) is 8.69. The van der Waals surface area contributed by atoms with E-state index in [2.05, 4.69) is 47.8 Å². The van der Waals surface area contributed by atoms with Crippen molar-refractivity contribution in [3.63, 3.8) is 0 Å².